The van der Waals surface area contributed by atoms with Crippen molar-refractivity contribution in [2.75, 3.05) is 26.2 Å². The zero-order valence-corrected chi connectivity index (χ0v) is 13.1. The third-order valence-electron chi connectivity index (χ3n) is 3.74. The van der Waals surface area contributed by atoms with Gasteiger partial charge in [0, 0.05) is 38.2 Å². The molecule has 116 valence electrons. The molecule has 1 fully saturated rings. The summed E-state index contributed by atoms with van der Waals surface area (Å²) < 4.78 is 0. The summed E-state index contributed by atoms with van der Waals surface area (Å²) >= 11 is 0. The van der Waals surface area contributed by atoms with Crippen molar-refractivity contribution in [1.29, 1.82) is 5.26 Å². The Morgan fingerprint density at radius 2 is 1.82 bits per heavy atom. The number of piperazine rings is 1. The largest absolute Gasteiger partial charge is 0.339 e. The number of nitriles is 1. The highest BCUT2D eigenvalue weighted by Gasteiger charge is 2.25. The molecule has 5 heteroatoms. The van der Waals surface area contributed by atoms with Gasteiger partial charge < -0.3 is 9.80 Å². The first-order valence-electron chi connectivity index (χ1n) is 7.58. The Morgan fingerprint density at radius 3 is 2.41 bits per heavy atom. The lowest BCUT2D eigenvalue weighted by molar-refractivity contribution is -0.133. The molecule has 2 rings (SSSR count). The van der Waals surface area contributed by atoms with Crippen molar-refractivity contribution in [2.45, 2.75) is 20.3 Å². The maximum atomic E-state index is 12.4. The van der Waals surface area contributed by atoms with Crippen LogP contribution in [0, 0.1) is 17.2 Å². The highest BCUT2D eigenvalue weighted by atomic mass is 16.2. The van der Waals surface area contributed by atoms with Crippen molar-refractivity contribution in [2.24, 2.45) is 5.92 Å². The lowest BCUT2D eigenvalue weighted by Gasteiger charge is -2.35. The Labute approximate surface area is 131 Å². The minimum Gasteiger partial charge on any atom is -0.339 e. The van der Waals surface area contributed by atoms with E-state index in [-0.39, 0.29) is 11.8 Å². The summed E-state index contributed by atoms with van der Waals surface area (Å²) in [6, 6.07) is 8.77. The molecule has 1 heterocycles. The van der Waals surface area contributed by atoms with Gasteiger partial charge >= 0.3 is 0 Å². The van der Waals surface area contributed by atoms with E-state index in [1.54, 1.807) is 29.2 Å². The SMILES string of the molecule is CC(C)CC(=O)N1CCN(C(=O)c2cccc(C#N)c2)CC1. The zero-order chi connectivity index (χ0) is 16.1. The van der Waals surface area contributed by atoms with Crippen molar-refractivity contribution in [3.05, 3.63) is 35.4 Å². The smallest absolute Gasteiger partial charge is 0.254 e. The van der Waals surface area contributed by atoms with E-state index in [1.807, 2.05) is 24.8 Å². The van der Waals surface area contributed by atoms with Crippen LogP contribution in [0.3, 0.4) is 0 Å². The second-order valence-electron chi connectivity index (χ2n) is 5.96. The highest BCUT2D eigenvalue weighted by molar-refractivity contribution is 5.94. The summed E-state index contributed by atoms with van der Waals surface area (Å²) in [5.41, 5.74) is 1.01. The second kappa shape index (κ2) is 7.08. The summed E-state index contributed by atoms with van der Waals surface area (Å²) in [5.74, 6) is 0.433. The van der Waals surface area contributed by atoms with Crippen LogP contribution in [0.2, 0.25) is 0 Å². The van der Waals surface area contributed by atoms with Crippen LogP contribution in [0.5, 0.6) is 0 Å². The van der Waals surface area contributed by atoms with E-state index in [0.29, 0.717) is 49.6 Å². The van der Waals surface area contributed by atoms with Gasteiger partial charge in [-0.25, -0.2) is 0 Å². The molecule has 0 aliphatic carbocycles. The van der Waals surface area contributed by atoms with Gasteiger partial charge in [-0.1, -0.05) is 19.9 Å². The predicted molar refractivity (Wildman–Crippen MR) is 83.1 cm³/mol. The van der Waals surface area contributed by atoms with E-state index < -0.39 is 0 Å². The molecule has 0 radical (unpaired) electrons. The number of benzene rings is 1. The van der Waals surface area contributed by atoms with E-state index in [9.17, 15) is 9.59 Å². The average Bonchev–Trinajstić information content (AvgIpc) is 2.53. The van der Waals surface area contributed by atoms with Crippen LogP contribution in [-0.2, 0) is 4.79 Å². The number of amides is 2. The molecule has 1 aromatic rings. The van der Waals surface area contributed by atoms with Crippen molar-refractivity contribution in [3.8, 4) is 6.07 Å². The second-order valence-corrected chi connectivity index (χ2v) is 5.96. The molecule has 0 bridgehead atoms. The molecule has 1 aliphatic heterocycles. The third kappa shape index (κ3) is 3.85. The quantitative estimate of drug-likeness (QED) is 0.856. The van der Waals surface area contributed by atoms with Gasteiger partial charge in [0.1, 0.15) is 0 Å². The van der Waals surface area contributed by atoms with E-state index in [4.69, 9.17) is 5.26 Å². The minimum atomic E-state index is -0.0759. The van der Waals surface area contributed by atoms with Gasteiger partial charge in [0.15, 0.2) is 0 Å². The van der Waals surface area contributed by atoms with E-state index in [1.165, 1.54) is 0 Å². The van der Waals surface area contributed by atoms with Crippen LogP contribution in [0.1, 0.15) is 36.2 Å². The number of hydrogen-bond donors (Lipinski definition) is 0. The lowest BCUT2D eigenvalue weighted by Crippen LogP contribution is -2.50. The molecule has 0 unspecified atom stereocenters. The minimum absolute atomic E-state index is 0.0759. The Kier molecular flexibility index (Phi) is 5.16. The van der Waals surface area contributed by atoms with Crippen LogP contribution in [0.25, 0.3) is 0 Å². The molecule has 1 aromatic carbocycles. The van der Waals surface area contributed by atoms with Gasteiger partial charge in [0.05, 0.1) is 11.6 Å². The fraction of sp³-hybridized carbons (Fsp3) is 0.471. The molecule has 0 N–H and O–H groups in total. The predicted octanol–water partition coefficient (Wildman–Crippen LogP) is 1.89. The maximum absolute atomic E-state index is 12.4. The molecule has 0 atom stereocenters. The summed E-state index contributed by atoms with van der Waals surface area (Å²) in [7, 11) is 0. The number of nitrogens with zero attached hydrogens (tertiary/aromatic N) is 3. The molecule has 1 saturated heterocycles. The number of hydrogen-bond acceptors (Lipinski definition) is 3. The molecular formula is C17H21N3O2. The Balaban J connectivity index is 1.95. The standard InChI is InChI=1S/C17H21N3O2/c1-13(2)10-16(21)19-6-8-20(9-7-19)17(22)15-5-3-4-14(11-15)12-18/h3-5,11,13H,6-10H2,1-2H3. The van der Waals surface area contributed by atoms with Crippen LogP contribution < -0.4 is 0 Å². The van der Waals surface area contributed by atoms with Gasteiger partial charge in [0.25, 0.3) is 5.91 Å². The molecule has 0 spiro atoms. The molecule has 0 saturated carbocycles. The van der Waals surface area contributed by atoms with Crippen molar-refractivity contribution in [1.82, 2.24) is 9.80 Å². The Hall–Kier alpha value is -2.35. The molecular weight excluding hydrogens is 278 g/mol. The Morgan fingerprint density at radius 1 is 1.18 bits per heavy atom. The average molecular weight is 299 g/mol. The number of rotatable bonds is 3. The fourth-order valence-electron chi connectivity index (χ4n) is 2.54. The Bertz CT molecular complexity index is 596. The van der Waals surface area contributed by atoms with Gasteiger partial charge in [0.2, 0.25) is 5.91 Å². The third-order valence-corrected chi connectivity index (χ3v) is 3.74. The zero-order valence-electron chi connectivity index (χ0n) is 13.1. The first-order valence-corrected chi connectivity index (χ1v) is 7.58. The van der Waals surface area contributed by atoms with E-state index in [2.05, 4.69) is 0 Å². The topological polar surface area (TPSA) is 64.4 Å². The van der Waals surface area contributed by atoms with E-state index >= 15 is 0 Å². The molecule has 22 heavy (non-hydrogen) atoms. The molecule has 1 aliphatic rings. The van der Waals surface area contributed by atoms with Crippen LogP contribution in [0.4, 0.5) is 0 Å². The van der Waals surface area contributed by atoms with Crippen LogP contribution in [-0.4, -0.2) is 47.8 Å². The highest BCUT2D eigenvalue weighted by Crippen LogP contribution is 2.12. The molecule has 5 nitrogen and oxygen atoms in total. The van der Waals surface area contributed by atoms with Gasteiger partial charge in [-0.15, -0.1) is 0 Å². The first kappa shape index (κ1) is 16.0. The summed E-state index contributed by atoms with van der Waals surface area (Å²) in [4.78, 5) is 28.0. The van der Waals surface area contributed by atoms with E-state index in [0.717, 1.165) is 0 Å². The maximum Gasteiger partial charge on any atom is 0.254 e. The normalized spacial score (nSPS) is 14.8. The monoisotopic (exact) mass is 299 g/mol. The van der Waals surface area contributed by atoms with Gasteiger partial charge in [-0.2, -0.15) is 5.26 Å². The number of carbonyl (C=O) groups is 2. The fourth-order valence-corrected chi connectivity index (χ4v) is 2.54. The first-order chi connectivity index (χ1) is 10.5. The molecule has 0 aromatic heterocycles. The van der Waals surface area contributed by atoms with Crippen molar-refractivity contribution < 1.29 is 9.59 Å². The van der Waals surface area contributed by atoms with Crippen molar-refractivity contribution in [3.63, 3.8) is 0 Å². The lowest BCUT2D eigenvalue weighted by atomic mass is 10.1. The van der Waals surface area contributed by atoms with Crippen molar-refractivity contribution >= 4 is 11.8 Å². The van der Waals surface area contributed by atoms with Crippen LogP contribution >= 0.6 is 0 Å². The van der Waals surface area contributed by atoms with Gasteiger partial charge in [-0.05, 0) is 24.1 Å². The molecule has 2 amide bonds. The summed E-state index contributed by atoms with van der Waals surface area (Å²) in [6.07, 6.45) is 0.554. The van der Waals surface area contributed by atoms with Gasteiger partial charge in [-0.3, -0.25) is 9.59 Å². The summed E-state index contributed by atoms with van der Waals surface area (Å²) in [6.45, 7) is 6.29. The number of carbonyl (C=O) groups excluding carboxylic acids is 2. The summed E-state index contributed by atoms with van der Waals surface area (Å²) in [5, 5.41) is 8.90. The van der Waals surface area contributed by atoms with Crippen LogP contribution in [0.15, 0.2) is 24.3 Å².